The van der Waals surface area contributed by atoms with Gasteiger partial charge in [-0.25, -0.2) is 0 Å². The van der Waals surface area contributed by atoms with Crippen LogP contribution in [0.5, 0.6) is 0 Å². The van der Waals surface area contributed by atoms with Gasteiger partial charge < -0.3 is 15.8 Å². The first kappa shape index (κ1) is 14.1. The molecule has 0 rings (SSSR count). The second-order valence-electron chi connectivity index (χ2n) is 4.83. The monoisotopic (exact) mass is 214 g/mol. The number of carbonyl (C=O) groups is 1. The minimum Gasteiger partial charge on any atom is -0.372 e. The fraction of sp³-hybridized carbons (Fsp3) is 0.727. The lowest BCUT2D eigenvalue weighted by molar-refractivity contribution is -0.119. The molecule has 15 heavy (non-hydrogen) atoms. The van der Waals surface area contributed by atoms with Gasteiger partial charge in [0.05, 0.1) is 17.7 Å². The van der Waals surface area contributed by atoms with E-state index in [1.54, 1.807) is 0 Å². The van der Waals surface area contributed by atoms with E-state index >= 15 is 0 Å². The van der Waals surface area contributed by atoms with Crippen molar-refractivity contribution < 1.29 is 9.53 Å². The zero-order chi connectivity index (χ0) is 12.1. The maximum Gasteiger partial charge on any atom is 0.243 e. The SMILES string of the molecule is C=CC(=O)NC(C)(C)COC(C)(C)CN. The van der Waals surface area contributed by atoms with Gasteiger partial charge in [0.2, 0.25) is 5.91 Å². The molecule has 3 N–H and O–H groups in total. The van der Waals surface area contributed by atoms with E-state index in [2.05, 4.69) is 11.9 Å². The Hall–Kier alpha value is -0.870. The third-order valence-electron chi connectivity index (χ3n) is 1.96. The van der Waals surface area contributed by atoms with Crippen molar-refractivity contribution in [2.75, 3.05) is 13.2 Å². The molecule has 0 unspecified atom stereocenters. The molecular weight excluding hydrogens is 192 g/mol. The molecule has 0 aliphatic heterocycles. The standard InChI is InChI=1S/C11H22N2O2/c1-6-9(14)13-10(2,3)8-15-11(4,5)7-12/h6H,1,7-8,12H2,2-5H3,(H,13,14). The van der Waals surface area contributed by atoms with Crippen molar-refractivity contribution in [1.82, 2.24) is 5.32 Å². The first-order valence-electron chi connectivity index (χ1n) is 5.01. The average molecular weight is 214 g/mol. The lowest BCUT2D eigenvalue weighted by Crippen LogP contribution is -2.49. The lowest BCUT2D eigenvalue weighted by atomic mass is 10.1. The smallest absolute Gasteiger partial charge is 0.243 e. The summed E-state index contributed by atoms with van der Waals surface area (Å²) in [5, 5.41) is 2.78. The first-order chi connectivity index (χ1) is 6.72. The van der Waals surface area contributed by atoms with Crippen LogP contribution in [-0.2, 0) is 9.53 Å². The van der Waals surface area contributed by atoms with Crippen LogP contribution in [0.2, 0.25) is 0 Å². The van der Waals surface area contributed by atoms with E-state index in [0.29, 0.717) is 13.2 Å². The highest BCUT2D eigenvalue weighted by atomic mass is 16.5. The molecule has 0 aromatic carbocycles. The molecule has 88 valence electrons. The molecule has 0 saturated carbocycles. The average Bonchev–Trinajstić information content (AvgIpc) is 2.14. The predicted molar refractivity (Wildman–Crippen MR) is 61.5 cm³/mol. The van der Waals surface area contributed by atoms with Crippen LogP contribution < -0.4 is 11.1 Å². The van der Waals surface area contributed by atoms with Gasteiger partial charge in [-0.1, -0.05) is 6.58 Å². The number of hydrogen-bond donors (Lipinski definition) is 2. The molecule has 0 aromatic rings. The molecule has 0 aromatic heterocycles. The van der Waals surface area contributed by atoms with Gasteiger partial charge in [0, 0.05) is 6.54 Å². The largest absolute Gasteiger partial charge is 0.372 e. The molecule has 0 saturated heterocycles. The molecule has 0 bridgehead atoms. The van der Waals surface area contributed by atoms with Gasteiger partial charge in [-0.05, 0) is 33.8 Å². The van der Waals surface area contributed by atoms with E-state index < -0.39 is 5.54 Å². The molecule has 0 atom stereocenters. The number of rotatable bonds is 6. The molecule has 0 aliphatic carbocycles. The zero-order valence-electron chi connectivity index (χ0n) is 10.1. The van der Waals surface area contributed by atoms with Crippen LogP contribution in [0.25, 0.3) is 0 Å². The molecule has 1 amide bonds. The summed E-state index contributed by atoms with van der Waals surface area (Å²) in [6.45, 7) is 11.9. The van der Waals surface area contributed by atoms with Crippen LogP contribution >= 0.6 is 0 Å². The lowest BCUT2D eigenvalue weighted by Gasteiger charge is -2.31. The zero-order valence-corrected chi connectivity index (χ0v) is 10.1. The van der Waals surface area contributed by atoms with Crippen molar-refractivity contribution in [3.8, 4) is 0 Å². The van der Waals surface area contributed by atoms with Gasteiger partial charge in [-0.2, -0.15) is 0 Å². The summed E-state index contributed by atoms with van der Waals surface area (Å²) in [6.07, 6.45) is 1.25. The van der Waals surface area contributed by atoms with Crippen molar-refractivity contribution in [2.45, 2.75) is 38.8 Å². The first-order valence-corrected chi connectivity index (χ1v) is 5.01. The maximum atomic E-state index is 11.1. The highest BCUT2D eigenvalue weighted by Gasteiger charge is 2.24. The van der Waals surface area contributed by atoms with Gasteiger partial charge in [-0.15, -0.1) is 0 Å². The normalized spacial score (nSPS) is 12.3. The van der Waals surface area contributed by atoms with Gasteiger partial charge in [-0.3, -0.25) is 4.79 Å². The Morgan fingerprint density at radius 2 is 2.00 bits per heavy atom. The molecule has 4 heteroatoms. The Balaban J connectivity index is 4.15. The van der Waals surface area contributed by atoms with Gasteiger partial charge in [0.1, 0.15) is 0 Å². The Kier molecular flexibility index (Phi) is 4.97. The van der Waals surface area contributed by atoms with Crippen LogP contribution in [0, 0.1) is 0 Å². The van der Waals surface area contributed by atoms with E-state index in [1.807, 2.05) is 27.7 Å². The Labute approximate surface area is 91.9 Å². The molecular formula is C11H22N2O2. The van der Waals surface area contributed by atoms with Gasteiger partial charge >= 0.3 is 0 Å². The van der Waals surface area contributed by atoms with E-state index in [0.717, 1.165) is 0 Å². The minimum atomic E-state index is -0.419. The second kappa shape index (κ2) is 5.28. The summed E-state index contributed by atoms with van der Waals surface area (Å²) in [5.74, 6) is -0.200. The quantitative estimate of drug-likeness (QED) is 0.643. The summed E-state index contributed by atoms with van der Waals surface area (Å²) in [5.41, 5.74) is 4.75. The minimum absolute atomic E-state index is 0.200. The highest BCUT2D eigenvalue weighted by Crippen LogP contribution is 2.11. The van der Waals surface area contributed by atoms with Crippen LogP contribution in [-0.4, -0.2) is 30.2 Å². The second-order valence-corrected chi connectivity index (χ2v) is 4.83. The molecule has 4 nitrogen and oxygen atoms in total. The Morgan fingerprint density at radius 3 is 2.40 bits per heavy atom. The van der Waals surface area contributed by atoms with Crippen LogP contribution in [0.1, 0.15) is 27.7 Å². The highest BCUT2D eigenvalue weighted by molar-refractivity contribution is 5.87. The fourth-order valence-corrected chi connectivity index (χ4v) is 0.855. The number of amides is 1. The molecule has 0 fully saturated rings. The third-order valence-corrected chi connectivity index (χ3v) is 1.96. The third kappa shape index (κ3) is 6.25. The topological polar surface area (TPSA) is 64.3 Å². The number of nitrogens with two attached hydrogens (primary N) is 1. The van der Waals surface area contributed by atoms with E-state index in [4.69, 9.17) is 10.5 Å². The van der Waals surface area contributed by atoms with Crippen molar-refractivity contribution in [3.63, 3.8) is 0 Å². The Morgan fingerprint density at radius 1 is 1.47 bits per heavy atom. The van der Waals surface area contributed by atoms with E-state index in [9.17, 15) is 4.79 Å². The van der Waals surface area contributed by atoms with Crippen molar-refractivity contribution in [1.29, 1.82) is 0 Å². The van der Waals surface area contributed by atoms with Crippen LogP contribution in [0.3, 0.4) is 0 Å². The molecule has 0 aliphatic rings. The van der Waals surface area contributed by atoms with E-state index in [-0.39, 0.29) is 11.5 Å². The van der Waals surface area contributed by atoms with Gasteiger partial charge in [0.25, 0.3) is 0 Å². The van der Waals surface area contributed by atoms with Crippen molar-refractivity contribution >= 4 is 5.91 Å². The van der Waals surface area contributed by atoms with Crippen LogP contribution in [0.4, 0.5) is 0 Å². The number of ether oxygens (including phenoxy) is 1. The number of carbonyl (C=O) groups excluding carboxylic acids is 1. The van der Waals surface area contributed by atoms with Gasteiger partial charge in [0.15, 0.2) is 0 Å². The summed E-state index contributed by atoms with van der Waals surface area (Å²) in [6, 6.07) is 0. The number of hydrogen-bond acceptors (Lipinski definition) is 3. The maximum absolute atomic E-state index is 11.1. The summed E-state index contributed by atoms with van der Waals surface area (Å²) >= 11 is 0. The summed E-state index contributed by atoms with van der Waals surface area (Å²) in [7, 11) is 0. The van der Waals surface area contributed by atoms with Crippen LogP contribution in [0.15, 0.2) is 12.7 Å². The summed E-state index contributed by atoms with van der Waals surface area (Å²) < 4.78 is 5.61. The molecule has 0 heterocycles. The van der Waals surface area contributed by atoms with Crippen molar-refractivity contribution in [2.24, 2.45) is 5.73 Å². The molecule has 0 spiro atoms. The predicted octanol–water partition coefficient (Wildman–Crippen LogP) is 0.821. The molecule has 0 radical (unpaired) electrons. The van der Waals surface area contributed by atoms with E-state index in [1.165, 1.54) is 6.08 Å². The summed E-state index contributed by atoms with van der Waals surface area (Å²) in [4.78, 5) is 11.1. The number of nitrogens with one attached hydrogen (secondary N) is 1. The Bertz CT molecular complexity index is 235. The van der Waals surface area contributed by atoms with Crippen molar-refractivity contribution in [3.05, 3.63) is 12.7 Å². The fourth-order valence-electron chi connectivity index (χ4n) is 0.855.